The molecule has 0 aromatic heterocycles. The number of amides is 4. The zero-order chi connectivity index (χ0) is 14.7. The standard InChI is InChI=1S/C12H20N4O3/c1-4-10(17)13-5-7-15-12(19)16-8-6-14-11(18)9(2)3/h4H,1-2,5-8H2,3H3,(H,13,17)(H,14,18)(H2,15,16,19). The Morgan fingerprint density at radius 2 is 1.42 bits per heavy atom. The summed E-state index contributed by atoms with van der Waals surface area (Å²) in [6, 6.07) is -0.363. The van der Waals surface area contributed by atoms with Crippen LogP contribution in [-0.4, -0.2) is 44.0 Å². The number of urea groups is 1. The van der Waals surface area contributed by atoms with Crippen molar-refractivity contribution in [2.75, 3.05) is 26.2 Å². The highest BCUT2D eigenvalue weighted by atomic mass is 16.2. The van der Waals surface area contributed by atoms with Crippen molar-refractivity contribution in [3.05, 3.63) is 24.8 Å². The Morgan fingerprint density at radius 3 is 1.89 bits per heavy atom. The lowest BCUT2D eigenvalue weighted by atomic mass is 10.3. The van der Waals surface area contributed by atoms with Crippen LogP contribution in [0.3, 0.4) is 0 Å². The molecular formula is C12H20N4O3. The van der Waals surface area contributed by atoms with E-state index in [2.05, 4.69) is 34.4 Å². The van der Waals surface area contributed by atoms with Crippen molar-refractivity contribution in [2.45, 2.75) is 6.92 Å². The normalized spacial score (nSPS) is 9.11. The Morgan fingerprint density at radius 1 is 0.947 bits per heavy atom. The monoisotopic (exact) mass is 268 g/mol. The Hall–Kier alpha value is -2.31. The zero-order valence-corrected chi connectivity index (χ0v) is 11.0. The van der Waals surface area contributed by atoms with Crippen molar-refractivity contribution < 1.29 is 14.4 Å². The van der Waals surface area contributed by atoms with Crippen LogP contribution in [0.15, 0.2) is 24.8 Å². The van der Waals surface area contributed by atoms with E-state index in [-0.39, 0.29) is 17.8 Å². The van der Waals surface area contributed by atoms with Gasteiger partial charge in [-0.2, -0.15) is 0 Å². The molecule has 0 spiro atoms. The van der Waals surface area contributed by atoms with Crippen molar-refractivity contribution in [3.8, 4) is 0 Å². The van der Waals surface area contributed by atoms with Gasteiger partial charge in [0.2, 0.25) is 11.8 Å². The number of hydrogen-bond donors (Lipinski definition) is 4. The number of nitrogens with one attached hydrogen (secondary N) is 4. The van der Waals surface area contributed by atoms with Crippen LogP contribution in [0.25, 0.3) is 0 Å². The van der Waals surface area contributed by atoms with Crippen LogP contribution < -0.4 is 21.3 Å². The molecule has 0 heterocycles. The lowest BCUT2D eigenvalue weighted by Gasteiger charge is -2.08. The summed E-state index contributed by atoms with van der Waals surface area (Å²) in [6.45, 7) is 9.66. The average Bonchev–Trinajstić information content (AvgIpc) is 2.38. The largest absolute Gasteiger partial charge is 0.351 e. The molecular weight excluding hydrogens is 248 g/mol. The smallest absolute Gasteiger partial charge is 0.314 e. The van der Waals surface area contributed by atoms with Gasteiger partial charge in [-0.05, 0) is 13.0 Å². The predicted molar refractivity (Wildman–Crippen MR) is 72.4 cm³/mol. The first-order valence-electron chi connectivity index (χ1n) is 5.83. The maximum atomic E-state index is 11.3. The SMILES string of the molecule is C=CC(=O)NCCNC(=O)NCCNC(=O)C(=C)C. The highest BCUT2D eigenvalue weighted by Crippen LogP contribution is 1.83. The molecule has 7 heteroatoms. The van der Waals surface area contributed by atoms with E-state index in [1.807, 2.05) is 0 Å². The van der Waals surface area contributed by atoms with Gasteiger partial charge in [-0.1, -0.05) is 13.2 Å². The highest BCUT2D eigenvalue weighted by molar-refractivity contribution is 5.92. The quantitative estimate of drug-likeness (QED) is 0.345. The van der Waals surface area contributed by atoms with E-state index in [0.29, 0.717) is 31.8 Å². The maximum absolute atomic E-state index is 11.3. The second kappa shape index (κ2) is 9.69. The van der Waals surface area contributed by atoms with Crippen LogP contribution in [0.2, 0.25) is 0 Å². The fraction of sp³-hybridized carbons (Fsp3) is 0.417. The third-order valence-electron chi connectivity index (χ3n) is 1.98. The van der Waals surface area contributed by atoms with Gasteiger partial charge in [0.05, 0.1) is 0 Å². The van der Waals surface area contributed by atoms with Crippen molar-refractivity contribution in [3.63, 3.8) is 0 Å². The zero-order valence-electron chi connectivity index (χ0n) is 11.0. The summed E-state index contributed by atoms with van der Waals surface area (Å²) in [6.07, 6.45) is 1.16. The lowest BCUT2D eigenvalue weighted by molar-refractivity contribution is -0.117. The summed E-state index contributed by atoms with van der Waals surface area (Å²) in [7, 11) is 0. The van der Waals surface area contributed by atoms with Crippen LogP contribution in [0.1, 0.15) is 6.92 Å². The van der Waals surface area contributed by atoms with Crippen molar-refractivity contribution in [1.29, 1.82) is 0 Å². The van der Waals surface area contributed by atoms with E-state index in [0.717, 1.165) is 6.08 Å². The molecule has 0 bridgehead atoms. The Balaban J connectivity index is 3.50. The van der Waals surface area contributed by atoms with Crippen molar-refractivity contribution in [1.82, 2.24) is 21.3 Å². The fourth-order valence-electron chi connectivity index (χ4n) is 0.999. The highest BCUT2D eigenvalue weighted by Gasteiger charge is 2.01. The molecule has 0 aromatic carbocycles. The molecule has 0 aromatic rings. The molecule has 0 unspecified atom stereocenters. The summed E-state index contributed by atoms with van der Waals surface area (Å²) in [4.78, 5) is 33.1. The Bertz CT molecular complexity index is 366. The van der Waals surface area contributed by atoms with E-state index < -0.39 is 0 Å². The van der Waals surface area contributed by atoms with Gasteiger partial charge in [0, 0.05) is 31.8 Å². The number of rotatable bonds is 8. The first-order valence-corrected chi connectivity index (χ1v) is 5.83. The van der Waals surface area contributed by atoms with Gasteiger partial charge < -0.3 is 21.3 Å². The molecule has 4 amide bonds. The summed E-state index contributed by atoms with van der Waals surface area (Å²) < 4.78 is 0. The molecule has 0 radical (unpaired) electrons. The fourth-order valence-corrected chi connectivity index (χ4v) is 0.999. The van der Waals surface area contributed by atoms with Crippen molar-refractivity contribution in [2.24, 2.45) is 0 Å². The minimum Gasteiger partial charge on any atom is -0.351 e. The lowest BCUT2D eigenvalue weighted by Crippen LogP contribution is -2.42. The Kier molecular flexibility index (Phi) is 8.51. The van der Waals surface area contributed by atoms with Gasteiger partial charge >= 0.3 is 6.03 Å². The van der Waals surface area contributed by atoms with Crippen LogP contribution in [0.5, 0.6) is 0 Å². The number of carbonyl (C=O) groups is 3. The van der Waals surface area contributed by atoms with Crippen LogP contribution in [0, 0.1) is 0 Å². The van der Waals surface area contributed by atoms with E-state index in [1.165, 1.54) is 0 Å². The molecule has 0 saturated carbocycles. The minimum atomic E-state index is -0.363. The maximum Gasteiger partial charge on any atom is 0.314 e. The number of hydrogen-bond acceptors (Lipinski definition) is 3. The van der Waals surface area contributed by atoms with E-state index in [9.17, 15) is 14.4 Å². The predicted octanol–water partition coefficient (Wildman–Crippen LogP) is -0.720. The van der Waals surface area contributed by atoms with Crippen molar-refractivity contribution >= 4 is 17.8 Å². The second-order valence-electron chi connectivity index (χ2n) is 3.71. The van der Waals surface area contributed by atoms with Gasteiger partial charge in [-0.25, -0.2) is 4.79 Å². The van der Waals surface area contributed by atoms with Gasteiger partial charge in [0.15, 0.2) is 0 Å². The van der Waals surface area contributed by atoms with Gasteiger partial charge in [-0.15, -0.1) is 0 Å². The first kappa shape index (κ1) is 16.7. The molecule has 0 rings (SSSR count). The average molecular weight is 268 g/mol. The summed E-state index contributed by atoms with van der Waals surface area (Å²) in [5.74, 6) is -0.529. The Labute approximate surface area is 112 Å². The van der Waals surface area contributed by atoms with Crippen LogP contribution >= 0.6 is 0 Å². The van der Waals surface area contributed by atoms with Crippen LogP contribution in [0.4, 0.5) is 4.79 Å². The third-order valence-corrected chi connectivity index (χ3v) is 1.98. The first-order chi connectivity index (χ1) is 8.97. The summed E-state index contributed by atoms with van der Waals surface area (Å²) in [5, 5.41) is 10.2. The van der Waals surface area contributed by atoms with E-state index >= 15 is 0 Å². The topological polar surface area (TPSA) is 99.3 Å². The third kappa shape index (κ3) is 9.40. The van der Waals surface area contributed by atoms with Gasteiger partial charge in [-0.3, -0.25) is 9.59 Å². The molecule has 0 aliphatic heterocycles. The van der Waals surface area contributed by atoms with Gasteiger partial charge in [0.1, 0.15) is 0 Å². The molecule has 0 aliphatic rings. The molecule has 0 fully saturated rings. The summed E-state index contributed by atoms with van der Waals surface area (Å²) >= 11 is 0. The number of carbonyl (C=O) groups excluding carboxylic acids is 3. The molecule has 19 heavy (non-hydrogen) atoms. The van der Waals surface area contributed by atoms with Gasteiger partial charge in [0.25, 0.3) is 0 Å². The van der Waals surface area contributed by atoms with E-state index in [1.54, 1.807) is 6.92 Å². The van der Waals surface area contributed by atoms with Crippen LogP contribution in [-0.2, 0) is 9.59 Å². The molecule has 0 saturated heterocycles. The molecule has 0 aliphatic carbocycles. The minimum absolute atomic E-state index is 0.241. The second-order valence-corrected chi connectivity index (χ2v) is 3.71. The van der Waals surface area contributed by atoms with E-state index in [4.69, 9.17) is 0 Å². The molecule has 4 N–H and O–H groups in total. The molecule has 7 nitrogen and oxygen atoms in total. The molecule has 106 valence electrons. The molecule has 0 atom stereocenters. The summed E-state index contributed by atoms with van der Waals surface area (Å²) in [5.41, 5.74) is 0.419.